The van der Waals surface area contributed by atoms with Crippen LogP contribution in [0.5, 0.6) is 0 Å². The molecule has 0 radical (unpaired) electrons. The van der Waals surface area contributed by atoms with Crippen molar-refractivity contribution in [2.45, 2.75) is 39.0 Å². The van der Waals surface area contributed by atoms with Crippen LogP contribution in [-0.2, 0) is 0 Å². The lowest BCUT2D eigenvalue weighted by Crippen LogP contribution is -1.86. The summed E-state index contributed by atoms with van der Waals surface area (Å²) in [5, 5.41) is 10.5. The van der Waals surface area contributed by atoms with E-state index in [9.17, 15) is 10.1 Å². The molecule has 0 unspecified atom stereocenters. The zero-order chi connectivity index (χ0) is 12.5. The molecule has 1 rings (SSSR count). The highest BCUT2D eigenvalue weighted by atomic mass is 16.6. The van der Waals surface area contributed by atoms with Crippen molar-refractivity contribution in [3.63, 3.8) is 0 Å². The quantitative estimate of drug-likeness (QED) is 0.393. The molecule has 0 fully saturated rings. The molecule has 1 aromatic rings. The first-order valence-electron chi connectivity index (χ1n) is 6.15. The van der Waals surface area contributed by atoms with Crippen molar-refractivity contribution in [1.82, 2.24) is 0 Å². The van der Waals surface area contributed by atoms with Gasteiger partial charge < -0.3 is 0 Å². The summed E-state index contributed by atoms with van der Waals surface area (Å²) in [7, 11) is 0. The highest BCUT2D eigenvalue weighted by Gasteiger charge is 2.01. The number of benzene rings is 1. The van der Waals surface area contributed by atoms with Crippen LogP contribution in [0.25, 0.3) is 6.08 Å². The van der Waals surface area contributed by atoms with Crippen molar-refractivity contribution >= 4 is 11.8 Å². The van der Waals surface area contributed by atoms with Crippen molar-refractivity contribution in [3.8, 4) is 0 Å². The second-order valence-corrected chi connectivity index (χ2v) is 4.10. The fourth-order valence-corrected chi connectivity index (χ4v) is 1.62. The molecule has 0 aliphatic heterocycles. The second-order valence-electron chi connectivity index (χ2n) is 4.10. The summed E-state index contributed by atoms with van der Waals surface area (Å²) < 4.78 is 0. The van der Waals surface area contributed by atoms with E-state index in [4.69, 9.17) is 0 Å². The summed E-state index contributed by atoms with van der Waals surface area (Å²) in [5.41, 5.74) is 1.16. The molecule has 0 atom stereocenters. The minimum atomic E-state index is -0.377. The average molecular weight is 233 g/mol. The molecule has 0 aliphatic carbocycles. The molecule has 0 bridgehead atoms. The van der Waals surface area contributed by atoms with Crippen LogP contribution in [0.1, 0.15) is 44.6 Å². The van der Waals surface area contributed by atoms with Gasteiger partial charge in [0.25, 0.3) is 5.69 Å². The standard InChI is InChI=1S/C14H19NO2/c1-2-3-4-5-6-7-8-13-9-11-14(12-10-13)15(16)17/h7-12H,2-6H2,1H3. The third-order valence-corrected chi connectivity index (χ3v) is 2.64. The minimum absolute atomic E-state index is 0.144. The maximum Gasteiger partial charge on any atom is 0.269 e. The number of non-ortho nitro benzene ring substituents is 1. The number of hydrogen-bond donors (Lipinski definition) is 0. The normalized spacial score (nSPS) is 10.9. The lowest BCUT2D eigenvalue weighted by atomic mass is 10.1. The Morgan fingerprint density at radius 3 is 2.47 bits per heavy atom. The number of rotatable bonds is 7. The molecule has 0 amide bonds. The molecule has 3 heteroatoms. The van der Waals surface area contributed by atoms with Crippen LogP contribution in [-0.4, -0.2) is 4.92 Å². The molecular formula is C14H19NO2. The zero-order valence-corrected chi connectivity index (χ0v) is 10.3. The minimum Gasteiger partial charge on any atom is -0.258 e. The first-order chi connectivity index (χ1) is 8.24. The smallest absolute Gasteiger partial charge is 0.258 e. The van der Waals surface area contributed by atoms with E-state index in [2.05, 4.69) is 13.0 Å². The highest BCUT2D eigenvalue weighted by molar-refractivity contribution is 5.51. The average Bonchev–Trinajstić information content (AvgIpc) is 2.34. The van der Waals surface area contributed by atoms with Crippen LogP contribution in [0.2, 0.25) is 0 Å². The summed E-state index contributed by atoms with van der Waals surface area (Å²) in [4.78, 5) is 10.1. The lowest BCUT2D eigenvalue weighted by Gasteiger charge is -1.95. The van der Waals surface area contributed by atoms with Crippen molar-refractivity contribution in [1.29, 1.82) is 0 Å². The van der Waals surface area contributed by atoms with E-state index in [0.29, 0.717) is 0 Å². The number of unbranched alkanes of at least 4 members (excludes halogenated alkanes) is 4. The van der Waals surface area contributed by atoms with Gasteiger partial charge in [0, 0.05) is 12.1 Å². The summed E-state index contributed by atoms with van der Waals surface area (Å²) in [6.07, 6.45) is 10.3. The predicted molar refractivity (Wildman–Crippen MR) is 70.9 cm³/mol. The number of hydrogen-bond acceptors (Lipinski definition) is 2. The van der Waals surface area contributed by atoms with Gasteiger partial charge in [-0.3, -0.25) is 10.1 Å². The van der Waals surface area contributed by atoms with Gasteiger partial charge in [0.2, 0.25) is 0 Å². The molecule has 0 heterocycles. The summed E-state index contributed by atoms with van der Waals surface area (Å²) in [5.74, 6) is 0. The Morgan fingerprint density at radius 1 is 1.18 bits per heavy atom. The van der Waals surface area contributed by atoms with Crippen molar-refractivity contribution in [2.24, 2.45) is 0 Å². The van der Waals surface area contributed by atoms with Gasteiger partial charge in [-0.1, -0.05) is 38.3 Å². The summed E-state index contributed by atoms with van der Waals surface area (Å²) >= 11 is 0. The third-order valence-electron chi connectivity index (χ3n) is 2.64. The van der Waals surface area contributed by atoms with Gasteiger partial charge in [-0.15, -0.1) is 0 Å². The molecule has 0 saturated heterocycles. The molecule has 17 heavy (non-hydrogen) atoms. The summed E-state index contributed by atoms with van der Waals surface area (Å²) in [6.45, 7) is 2.20. The number of nitro benzene ring substituents is 1. The monoisotopic (exact) mass is 233 g/mol. The van der Waals surface area contributed by atoms with Gasteiger partial charge in [-0.05, 0) is 30.5 Å². The van der Waals surface area contributed by atoms with E-state index in [1.54, 1.807) is 12.1 Å². The van der Waals surface area contributed by atoms with Crippen molar-refractivity contribution in [3.05, 3.63) is 46.0 Å². The molecule has 92 valence electrons. The Balaban J connectivity index is 2.36. The third kappa shape index (κ3) is 5.29. The second kappa shape index (κ2) is 7.60. The lowest BCUT2D eigenvalue weighted by molar-refractivity contribution is -0.384. The molecule has 0 spiro atoms. The fraction of sp³-hybridized carbons (Fsp3) is 0.429. The van der Waals surface area contributed by atoms with Gasteiger partial charge in [-0.25, -0.2) is 0 Å². The molecule has 1 aromatic carbocycles. The first kappa shape index (κ1) is 13.4. The maximum atomic E-state index is 10.5. The van der Waals surface area contributed by atoms with Gasteiger partial charge in [0.05, 0.1) is 4.92 Å². The van der Waals surface area contributed by atoms with Crippen LogP contribution in [0.3, 0.4) is 0 Å². The van der Waals surface area contributed by atoms with Gasteiger partial charge in [0.15, 0.2) is 0 Å². The van der Waals surface area contributed by atoms with E-state index >= 15 is 0 Å². The van der Waals surface area contributed by atoms with Crippen LogP contribution in [0.15, 0.2) is 30.3 Å². The van der Waals surface area contributed by atoms with Crippen LogP contribution in [0.4, 0.5) is 5.69 Å². The number of nitrogens with zero attached hydrogens (tertiary/aromatic N) is 1. The largest absolute Gasteiger partial charge is 0.269 e. The van der Waals surface area contributed by atoms with E-state index in [0.717, 1.165) is 12.0 Å². The molecule has 0 N–H and O–H groups in total. The Bertz CT molecular complexity index is 368. The van der Waals surface area contributed by atoms with Crippen molar-refractivity contribution in [2.75, 3.05) is 0 Å². The Hall–Kier alpha value is -1.64. The van der Waals surface area contributed by atoms with E-state index in [1.165, 1.54) is 37.8 Å². The fourth-order valence-electron chi connectivity index (χ4n) is 1.62. The van der Waals surface area contributed by atoms with E-state index < -0.39 is 0 Å². The Morgan fingerprint density at radius 2 is 1.88 bits per heavy atom. The van der Waals surface area contributed by atoms with E-state index in [1.807, 2.05) is 6.08 Å². The number of allylic oxidation sites excluding steroid dienone is 1. The molecule has 0 aliphatic rings. The maximum absolute atomic E-state index is 10.5. The summed E-state index contributed by atoms with van der Waals surface area (Å²) in [6, 6.07) is 6.63. The van der Waals surface area contributed by atoms with Gasteiger partial charge in [0.1, 0.15) is 0 Å². The molecule has 0 aromatic heterocycles. The molecule has 0 saturated carbocycles. The van der Waals surface area contributed by atoms with Crippen LogP contribution in [0, 0.1) is 10.1 Å². The first-order valence-corrected chi connectivity index (χ1v) is 6.15. The van der Waals surface area contributed by atoms with Gasteiger partial charge in [-0.2, -0.15) is 0 Å². The van der Waals surface area contributed by atoms with Crippen LogP contribution < -0.4 is 0 Å². The number of nitro groups is 1. The topological polar surface area (TPSA) is 43.1 Å². The molecular weight excluding hydrogens is 214 g/mol. The Labute approximate surface area is 102 Å². The SMILES string of the molecule is CCCCCCC=Cc1ccc([N+](=O)[O-])cc1. The highest BCUT2D eigenvalue weighted by Crippen LogP contribution is 2.13. The Kier molecular flexibility index (Phi) is 6.00. The van der Waals surface area contributed by atoms with Gasteiger partial charge >= 0.3 is 0 Å². The van der Waals surface area contributed by atoms with E-state index in [-0.39, 0.29) is 10.6 Å². The zero-order valence-electron chi connectivity index (χ0n) is 10.3. The van der Waals surface area contributed by atoms with Crippen LogP contribution >= 0.6 is 0 Å². The predicted octanol–water partition coefficient (Wildman–Crippen LogP) is 4.58. The van der Waals surface area contributed by atoms with Crippen molar-refractivity contribution < 1.29 is 4.92 Å². The molecule has 3 nitrogen and oxygen atoms in total.